The average molecular weight is 687 g/mol. The van der Waals surface area contributed by atoms with Gasteiger partial charge in [-0.15, -0.1) is 0 Å². The van der Waals surface area contributed by atoms with Crippen molar-refractivity contribution < 1.29 is 18.2 Å². The van der Waals surface area contributed by atoms with E-state index in [1.54, 1.807) is 32.1 Å². The van der Waals surface area contributed by atoms with Crippen LogP contribution >= 0.6 is 0 Å². The molecule has 2 aromatic carbocycles. The smallest absolute Gasteiger partial charge is 0.218 e. The van der Waals surface area contributed by atoms with Crippen molar-refractivity contribution in [2.24, 2.45) is 17.8 Å². The van der Waals surface area contributed by atoms with Crippen LogP contribution in [0.1, 0.15) is 131 Å². The number of carbonyl (C=O) groups is 1. The van der Waals surface area contributed by atoms with Crippen molar-refractivity contribution in [3.63, 3.8) is 0 Å². The maximum Gasteiger partial charge on any atom is 0.218 e. The summed E-state index contributed by atoms with van der Waals surface area (Å²) in [5, 5.41) is 0. The Balaban J connectivity index is 0.000000405. The Labute approximate surface area is 304 Å². The summed E-state index contributed by atoms with van der Waals surface area (Å²) in [7, 11) is 0. The fourth-order valence-electron chi connectivity index (χ4n) is 6.11. The number of unbranched alkanes of at least 4 members (excludes halogenated alkanes) is 2. The maximum absolute atomic E-state index is 13.0. The molecule has 1 aliphatic rings. The monoisotopic (exact) mass is 687 g/mol. The number of hydrogen-bond donors (Lipinski definition) is 0. The lowest BCUT2D eigenvalue weighted by Gasteiger charge is -2.23. The van der Waals surface area contributed by atoms with Gasteiger partial charge in [0, 0.05) is 17.1 Å². The van der Waals surface area contributed by atoms with Crippen LogP contribution in [0.25, 0.3) is 11.3 Å². The van der Waals surface area contributed by atoms with Crippen molar-refractivity contribution in [3.05, 3.63) is 119 Å². The maximum atomic E-state index is 13.0. The van der Waals surface area contributed by atoms with E-state index in [2.05, 4.69) is 89.3 Å². The first kappa shape index (κ1) is 44.4. The van der Waals surface area contributed by atoms with E-state index in [0.29, 0.717) is 11.8 Å². The first-order valence-electron chi connectivity index (χ1n) is 19.0. The molecule has 0 radical (unpaired) electrons. The van der Waals surface area contributed by atoms with E-state index in [1.807, 2.05) is 25.1 Å². The molecule has 0 aliphatic carbocycles. The van der Waals surface area contributed by atoms with Crippen LogP contribution in [-0.4, -0.2) is 23.1 Å². The Bertz CT molecular complexity index is 1430. The van der Waals surface area contributed by atoms with Gasteiger partial charge in [-0.3, -0.25) is 4.79 Å². The Hall–Kier alpha value is -3.66. The molecule has 0 amide bonds. The second-order valence-electron chi connectivity index (χ2n) is 13.6. The number of hydrogen-bond acceptors (Lipinski definition) is 1. The van der Waals surface area contributed by atoms with E-state index < -0.39 is 0 Å². The number of nitrogens with zero attached hydrogens (tertiary/aromatic N) is 1. The molecule has 50 heavy (non-hydrogen) atoms. The molecule has 1 unspecified atom stereocenters. The van der Waals surface area contributed by atoms with Gasteiger partial charge in [0.15, 0.2) is 18.5 Å². The lowest BCUT2D eigenvalue weighted by molar-refractivity contribution is -0.445. The van der Waals surface area contributed by atoms with Gasteiger partial charge in [0.05, 0.1) is 6.08 Å². The summed E-state index contributed by atoms with van der Waals surface area (Å²) in [6, 6.07) is 17.2. The molecule has 274 valence electrons. The van der Waals surface area contributed by atoms with E-state index in [-0.39, 0.29) is 17.4 Å². The minimum atomic E-state index is -0.224. The van der Waals surface area contributed by atoms with Crippen LogP contribution in [0.3, 0.4) is 0 Å². The minimum absolute atomic E-state index is 0.169. The molecule has 4 heteroatoms. The zero-order chi connectivity index (χ0) is 37.5. The summed E-state index contributed by atoms with van der Waals surface area (Å²) >= 11 is 0. The predicted molar refractivity (Wildman–Crippen MR) is 214 cm³/mol. The van der Waals surface area contributed by atoms with Crippen LogP contribution in [-0.2, 0) is 4.79 Å². The van der Waals surface area contributed by atoms with Crippen molar-refractivity contribution in [1.82, 2.24) is 0 Å². The molecule has 0 fully saturated rings. The third-order valence-corrected chi connectivity index (χ3v) is 9.13. The van der Waals surface area contributed by atoms with E-state index in [1.165, 1.54) is 67.5 Å². The van der Waals surface area contributed by atoms with Crippen LogP contribution in [0.5, 0.6) is 0 Å². The third kappa shape index (κ3) is 16.4. The highest BCUT2D eigenvalue weighted by Gasteiger charge is 2.26. The molecule has 0 saturated carbocycles. The van der Waals surface area contributed by atoms with E-state index in [9.17, 15) is 13.6 Å². The number of allylic oxidation sites excluding steroid dienone is 8. The Morgan fingerprint density at radius 1 is 0.840 bits per heavy atom. The molecule has 2 atom stereocenters. The molecule has 0 aromatic heterocycles. The van der Waals surface area contributed by atoms with Gasteiger partial charge >= 0.3 is 0 Å². The zero-order valence-corrected chi connectivity index (χ0v) is 32.7. The van der Waals surface area contributed by atoms with Crippen molar-refractivity contribution in [2.75, 3.05) is 6.54 Å². The molecule has 1 aliphatic heterocycles. The van der Waals surface area contributed by atoms with Crippen LogP contribution in [0.2, 0.25) is 0 Å². The molecule has 0 N–H and O–H groups in total. The Morgan fingerprint density at radius 2 is 1.44 bits per heavy atom. The van der Waals surface area contributed by atoms with Crippen molar-refractivity contribution in [1.29, 1.82) is 0 Å². The van der Waals surface area contributed by atoms with Gasteiger partial charge in [-0.1, -0.05) is 128 Å². The van der Waals surface area contributed by atoms with Crippen LogP contribution in [0.15, 0.2) is 102 Å². The fraction of sp³-hybridized carbons (Fsp3) is 0.478. The number of carbonyl (C=O) groups excluding carboxylic acids is 1. The SMILES string of the molecule is C=C(C)/C=C\C(F)=C/C.CCCC(C)/C(=C(/C(C)=O)[C@H](C)CC)c1ccccc1.CCCCC(CCCC)C[N+]1=CC=C1c1ccc(F)cc1. The Kier molecular flexibility index (Phi) is 22.5. The lowest BCUT2D eigenvalue weighted by Crippen LogP contribution is -2.25. The second kappa shape index (κ2) is 25.3. The molecule has 0 spiro atoms. The van der Waals surface area contributed by atoms with E-state index in [0.717, 1.165) is 48.4 Å². The number of benzene rings is 2. The summed E-state index contributed by atoms with van der Waals surface area (Å²) in [6.45, 7) is 23.2. The van der Waals surface area contributed by atoms with Gasteiger partial charge in [-0.2, -0.15) is 4.58 Å². The largest absolute Gasteiger partial charge is 0.295 e. The molecular weight excluding hydrogens is 621 g/mol. The summed E-state index contributed by atoms with van der Waals surface area (Å²) in [5.74, 6) is 1.35. The van der Waals surface area contributed by atoms with Crippen LogP contribution in [0, 0.1) is 23.6 Å². The van der Waals surface area contributed by atoms with Gasteiger partial charge in [0.1, 0.15) is 11.6 Å². The van der Waals surface area contributed by atoms with Gasteiger partial charge in [0.25, 0.3) is 0 Å². The van der Waals surface area contributed by atoms with Crippen molar-refractivity contribution in [2.45, 2.75) is 120 Å². The summed E-state index contributed by atoms with van der Waals surface area (Å²) in [4.78, 5) is 12.2. The third-order valence-electron chi connectivity index (χ3n) is 9.13. The van der Waals surface area contributed by atoms with Gasteiger partial charge in [0.2, 0.25) is 5.70 Å². The quantitative estimate of drug-likeness (QED) is 0.0868. The van der Waals surface area contributed by atoms with E-state index in [4.69, 9.17) is 0 Å². The minimum Gasteiger partial charge on any atom is -0.295 e. The summed E-state index contributed by atoms with van der Waals surface area (Å²) in [6.07, 6.45) is 19.8. The highest BCUT2D eigenvalue weighted by Crippen LogP contribution is 2.34. The van der Waals surface area contributed by atoms with Crippen LogP contribution < -0.4 is 0 Å². The molecule has 0 saturated heterocycles. The predicted octanol–water partition coefficient (Wildman–Crippen LogP) is 13.8. The normalized spacial score (nSPS) is 14.3. The first-order valence-corrected chi connectivity index (χ1v) is 19.0. The molecule has 0 bridgehead atoms. The molecular formula is C46H66F2NO+. The summed E-state index contributed by atoms with van der Waals surface area (Å²) < 4.78 is 27.6. The number of halogens is 2. The number of Topliss-reactive ketones (excluding diaryl/α,β-unsaturated/α-hetero) is 1. The Morgan fingerprint density at radius 3 is 1.88 bits per heavy atom. The number of ketones is 1. The molecule has 2 aromatic rings. The summed E-state index contributed by atoms with van der Waals surface area (Å²) in [5.41, 5.74) is 6.69. The molecule has 1 heterocycles. The van der Waals surface area contributed by atoms with Gasteiger partial charge in [-0.05, 0) is 99.8 Å². The lowest BCUT2D eigenvalue weighted by atomic mass is 9.80. The average Bonchev–Trinajstić information content (AvgIpc) is 3.10. The first-order chi connectivity index (χ1) is 23.9. The van der Waals surface area contributed by atoms with Crippen molar-refractivity contribution in [3.8, 4) is 0 Å². The molecule has 2 nitrogen and oxygen atoms in total. The second-order valence-corrected chi connectivity index (χ2v) is 13.6. The van der Waals surface area contributed by atoms with Gasteiger partial charge in [-0.25, -0.2) is 8.78 Å². The van der Waals surface area contributed by atoms with Gasteiger partial charge < -0.3 is 0 Å². The standard InChI is InChI=1S/C19H27FN.C19H28O.C8H11F/c1-3-5-7-16(8-6-4-2)15-21-14-13-19(21)17-9-11-18(20)12-10-17;1-6-11-15(4)19(17-12-9-8-10-13-17)18(16(5)20)14(3)7-2;1-4-8(9)6-5-7(2)3/h9-14,16H,3-8,15H2,1-2H3;8-10,12-15H,6-7,11H2,1-5H3;4-6H,2H2,1,3H3/q+1;;/b;19-18-;6-5-,8-4+/t;14-,15?;/m.1./s1. The van der Waals surface area contributed by atoms with E-state index >= 15 is 0 Å². The topological polar surface area (TPSA) is 20.1 Å². The zero-order valence-electron chi connectivity index (χ0n) is 32.7. The number of rotatable bonds is 18. The fourth-order valence-corrected chi connectivity index (χ4v) is 6.11. The molecule has 3 rings (SSSR count). The van der Waals surface area contributed by atoms with Crippen LogP contribution in [0.4, 0.5) is 8.78 Å². The highest BCUT2D eigenvalue weighted by atomic mass is 19.1. The van der Waals surface area contributed by atoms with Crippen molar-refractivity contribution >= 4 is 23.3 Å². The highest BCUT2D eigenvalue weighted by molar-refractivity contribution is 6.02.